The molecule has 0 atom stereocenters. The average molecular weight is 389 g/mol. The van der Waals surface area contributed by atoms with Crippen molar-refractivity contribution in [2.45, 2.75) is 5.16 Å². The molecule has 7 heteroatoms. The molecule has 0 spiro atoms. The van der Waals surface area contributed by atoms with Gasteiger partial charge in [-0.15, -0.1) is 10.2 Å². The Balaban J connectivity index is 1.71. The maximum atomic E-state index is 12.2. The first-order valence-electron chi connectivity index (χ1n) is 6.87. The molecule has 0 amide bonds. The number of ketones is 1. The van der Waals surface area contributed by atoms with Crippen LogP contribution in [-0.2, 0) is 7.05 Å². The van der Waals surface area contributed by atoms with E-state index in [2.05, 4.69) is 31.1 Å². The van der Waals surface area contributed by atoms with Crippen LogP contribution in [0.5, 0.6) is 0 Å². The van der Waals surface area contributed by atoms with Crippen LogP contribution in [-0.4, -0.2) is 31.3 Å². The molecular weight excluding hydrogens is 376 g/mol. The highest BCUT2D eigenvalue weighted by molar-refractivity contribution is 9.10. The van der Waals surface area contributed by atoms with Gasteiger partial charge in [0.2, 0.25) is 0 Å². The lowest BCUT2D eigenvalue weighted by Crippen LogP contribution is -2.04. The van der Waals surface area contributed by atoms with Gasteiger partial charge in [-0.2, -0.15) is 0 Å². The first-order valence-corrected chi connectivity index (χ1v) is 8.65. The molecule has 0 aliphatic heterocycles. The minimum Gasteiger partial charge on any atom is -0.304 e. The predicted octanol–water partition coefficient (Wildman–Crippen LogP) is 3.61. The summed E-state index contributed by atoms with van der Waals surface area (Å²) in [5, 5.41) is 9.00. The van der Waals surface area contributed by atoms with Gasteiger partial charge in [-0.25, -0.2) is 0 Å². The van der Waals surface area contributed by atoms with Gasteiger partial charge in [0.25, 0.3) is 0 Å². The Morgan fingerprint density at radius 3 is 2.65 bits per heavy atom. The normalized spacial score (nSPS) is 10.7. The highest BCUT2D eigenvalue weighted by atomic mass is 79.9. The summed E-state index contributed by atoms with van der Waals surface area (Å²) >= 11 is 4.73. The van der Waals surface area contributed by atoms with Crippen LogP contribution in [0.3, 0.4) is 0 Å². The van der Waals surface area contributed by atoms with E-state index in [4.69, 9.17) is 0 Å². The zero-order valence-electron chi connectivity index (χ0n) is 12.3. The van der Waals surface area contributed by atoms with Gasteiger partial charge in [0, 0.05) is 23.3 Å². The molecule has 0 saturated heterocycles. The minimum atomic E-state index is 0.0601. The molecular formula is C16H13BrN4OS. The smallest absolute Gasteiger partial charge is 0.191 e. The maximum absolute atomic E-state index is 12.2. The van der Waals surface area contributed by atoms with Gasteiger partial charge in [0.05, 0.1) is 5.75 Å². The fourth-order valence-electron chi connectivity index (χ4n) is 2.01. The number of benzene rings is 1. The number of carbonyl (C=O) groups excluding carboxylic acids is 1. The molecule has 0 N–H and O–H groups in total. The lowest BCUT2D eigenvalue weighted by molar-refractivity contribution is 0.102. The Morgan fingerprint density at radius 2 is 1.96 bits per heavy atom. The number of nitrogens with zero attached hydrogens (tertiary/aromatic N) is 4. The summed E-state index contributed by atoms with van der Waals surface area (Å²) in [6.45, 7) is 0. The van der Waals surface area contributed by atoms with Crippen molar-refractivity contribution in [1.29, 1.82) is 0 Å². The van der Waals surface area contributed by atoms with E-state index >= 15 is 0 Å². The highest BCUT2D eigenvalue weighted by Gasteiger charge is 2.14. The molecule has 0 radical (unpaired) electrons. The van der Waals surface area contributed by atoms with Gasteiger partial charge in [0.1, 0.15) is 5.69 Å². The number of thioether (sulfide) groups is 1. The quantitative estimate of drug-likeness (QED) is 0.493. The summed E-state index contributed by atoms with van der Waals surface area (Å²) in [5.74, 6) is 1.06. The molecule has 0 fully saturated rings. The third kappa shape index (κ3) is 3.68. The van der Waals surface area contributed by atoms with Crippen molar-refractivity contribution in [3.05, 3.63) is 58.7 Å². The zero-order valence-corrected chi connectivity index (χ0v) is 14.7. The molecule has 3 aromatic rings. The molecule has 0 aliphatic rings. The number of rotatable bonds is 5. The van der Waals surface area contributed by atoms with Gasteiger partial charge in [-0.3, -0.25) is 9.78 Å². The summed E-state index contributed by atoms with van der Waals surface area (Å²) < 4.78 is 2.80. The lowest BCUT2D eigenvalue weighted by Gasteiger charge is -2.03. The molecule has 1 aromatic carbocycles. The third-order valence-corrected chi connectivity index (χ3v) is 4.78. The number of pyridine rings is 1. The van der Waals surface area contributed by atoms with Crippen LogP contribution in [0.2, 0.25) is 0 Å². The summed E-state index contributed by atoms with van der Waals surface area (Å²) in [6.07, 6.45) is 1.72. The molecule has 2 heterocycles. The first-order chi connectivity index (χ1) is 11.1. The Hall–Kier alpha value is -1.99. The van der Waals surface area contributed by atoms with Crippen LogP contribution in [0, 0.1) is 0 Å². The summed E-state index contributed by atoms with van der Waals surface area (Å²) in [5.41, 5.74) is 1.45. The van der Waals surface area contributed by atoms with Gasteiger partial charge < -0.3 is 4.57 Å². The molecule has 0 unspecified atom stereocenters. The minimum absolute atomic E-state index is 0.0601. The van der Waals surface area contributed by atoms with E-state index in [-0.39, 0.29) is 5.78 Å². The van der Waals surface area contributed by atoms with E-state index in [1.807, 2.05) is 54.1 Å². The Kier molecular flexibility index (Phi) is 4.88. The highest BCUT2D eigenvalue weighted by Crippen LogP contribution is 2.22. The van der Waals surface area contributed by atoms with E-state index in [0.29, 0.717) is 22.3 Å². The second-order valence-corrected chi connectivity index (χ2v) is 6.66. The first kappa shape index (κ1) is 15.9. The fourth-order valence-corrected chi connectivity index (χ4v) is 3.08. The molecule has 23 heavy (non-hydrogen) atoms. The van der Waals surface area contributed by atoms with Crippen molar-refractivity contribution in [2.24, 2.45) is 7.05 Å². The van der Waals surface area contributed by atoms with Crippen LogP contribution in [0.1, 0.15) is 10.4 Å². The molecule has 0 aliphatic carbocycles. The number of halogens is 1. The lowest BCUT2D eigenvalue weighted by atomic mass is 10.2. The van der Waals surface area contributed by atoms with Crippen molar-refractivity contribution in [3.63, 3.8) is 0 Å². The molecule has 2 aromatic heterocycles. The monoisotopic (exact) mass is 388 g/mol. The van der Waals surface area contributed by atoms with Crippen LogP contribution < -0.4 is 0 Å². The third-order valence-electron chi connectivity index (χ3n) is 3.23. The predicted molar refractivity (Wildman–Crippen MR) is 93.4 cm³/mol. The second-order valence-electron chi connectivity index (χ2n) is 4.80. The van der Waals surface area contributed by atoms with Crippen LogP contribution >= 0.6 is 27.7 Å². The molecule has 0 bridgehead atoms. The molecule has 3 rings (SSSR count). The van der Waals surface area contributed by atoms with Crippen molar-refractivity contribution < 1.29 is 4.79 Å². The standard InChI is InChI=1S/C16H13BrN4OS/c1-21-15(13-4-2-3-9-18-13)19-20-16(21)23-10-14(22)11-5-7-12(17)8-6-11/h2-9H,10H2,1H3. The van der Waals surface area contributed by atoms with Gasteiger partial charge in [0.15, 0.2) is 16.8 Å². The van der Waals surface area contributed by atoms with Gasteiger partial charge in [-0.1, -0.05) is 45.9 Å². The molecule has 0 saturated carbocycles. The van der Waals surface area contributed by atoms with E-state index in [0.717, 1.165) is 10.2 Å². The zero-order chi connectivity index (χ0) is 16.2. The SMILES string of the molecule is Cn1c(SCC(=O)c2ccc(Br)cc2)nnc1-c1ccccn1. The Morgan fingerprint density at radius 1 is 1.17 bits per heavy atom. The fraction of sp³-hybridized carbons (Fsp3) is 0.125. The van der Waals surface area contributed by atoms with E-state index in [1.54, 1.807) is 6.20 Å². The van der Waals surface area contributed by atoms with E-state index in [9.17, 15) is 4.79 Å². The second kappa shape index (κ2) is 7.06. The summed E-state index contributed by atoms with van der Waals surface area (Å²) in [6, 6.07) is 13.0. The van der Waals surface area contributed by atoms with Crippen molar-refractivity contribution in [3.8, 4) is 11.5 Å². The number of aromatic nitrogens is 4. The number of hydrogen-bond donors (Lipinski definition) is 0. The average Bonchev–Trinajstić information content (AvgIpc) is 2.95. The van der Waals surface area contributed by atoms with E-state index < -0.39 is 0 Å². The Bertz CT molecular complexity index is 818. The number of carbonyl (C=O) groups is 1. The van der Waals surface area contributed by atoms with Gasteiger partial charge >= 0.3 is 0 Å². The van der Waals surface area contributed by atoms with Crippen LogP contribution in [0.4, 0.5) is 0 Å². The van der Waals surface area contributed by atoms with Crippen LogP contribution in [0.25, 0.3) is 11.5 Å². The summed E-state index contributed by atoms with van der Waals surface area (Å²) in [4.78, 5) is 16.5. The summed E-state index contributed by atoms with van der Waals surface area (Å²) in [7, 11) is 1.87. The number of hydrogen-bond acceptors (Lipinski definition) is 5. The topological polar surface area (TPSA) is 60.7 Å². The van der Waals surface area contributed by atoms with Crippen molar-refractivity contribution in [2.75, 3.05) is 5.75 Å². The van der Waals surface area contributed by atoms with Crippen molar-refractivity contribution in [1.82, 2.24) is 19.7 Å². The largest absolute Gasteiger partial charge is 0.304 e. The Labute approximate surface area is 146 Å². The molecule has 116 valence electrons. The van der Waals surface area contributed by atoms with Crippen molar-refractivity contribution >= 4 is 33.5 Å². The van der Waals surface area contributed by atoms with E-state index in [1.165, 1.54) is 11.8 Å². The van der Waals surface area contributed by atoms with Crippen LogP contribution in [0.15, 0.2) is 58.3 Å². The number of Topliss-reactive ketones (excluding diaryl/α,β-unsaturated/α-hetero) is 1. The maximum Gasteiger partial charge on any atom is 0.191 e. The molecule has 5 nitrogen and oxygen atoms in total. The van der Waals surface area contributed by atoms with Gasteiger partial charge in [-0.05, 0) is 24.3 Å².